The highest BCUT2D eigenvalue weighted by Crippen LogP contribution is 2.32. The summed E-state index contributed by atoms with van der Waals surface area (Å²) in [4.78, 5) is 11.2. The van der Waals surface area contributed by atoms with Crippen molar-refractivity contribution in [2.24, 2.45) is 0 Å². The molecule has 27 heavy (non-hydrogen) atoms. The Bertz CT molecular complexity index is 755. The molecule has 0 amide bonds. The molecule has 0 aliphatic heterocycles. The van der Waals surface area contributed by atoms with Gasteiger partial charge in [-0.05, 0) is 19.1 Å². The molecule has 146 valence electrons. The second-order valence-corrected chi connectivity index (χ2v) is 5.83. The molecule has 0 fully saturated rings. The minimum absolute atomic E-state index is 0.197. The van der Waals surface area contributed by atoms with Gasteiger partial charge in [0.1, 0.15) is 31.3 Å². The van der Waals surface area contributed by atoms with Crippen LogP contribution in [-0.2, 0) is 19.0 Å². The zero-order valence-corrected chi connectivity index (χ0v) is 15.9. The molecule has 0 radical (unpaired) electrons. The molecule has 0 atom stereocenters. The van der Waals surface area contributed by atoms with Crippen LogP contribution in [0.3, 0.4) is 0 Å². The maximum Gasteiger partial charge on any atom is 0.333 e. The summed E-state index contributed by atoms with van der Waals surface area (Å²) in [5.74, 6) is 1.15. The first-order chi connectivity index (χ1) is 13.1. The topological polar surface area (TPSA) is 63.2 Å². The van der Waals surface area contributed by atoms with E-state index in [0.29, 0.717) is 38.6 Å². The number of hydrogen-bond donors (Lipinski definition) is 0. The second kappa shape index (κ2) is 11.2. The average molecular weight is 374 g/mol. The van der Waals surface area contributed by atoms with E-state index >= 15 is 0 Å². The maximum absolute atomic E-state index is 11.2. The van der Waals surface area contributed by atoms with Crippen LogP contribution < -0.4 is 9.47 Å². The van der Waals surface area contributed by atoms with E-state index in [9.17, 15) is 4.79 Å². The number of carbonyl (C=O) groups excluding carboxylic acids is 1. The lowest BCUT2D eigenvalue weighted by Gasteiger charge is -2.13. The Balaban J connectivity index is 1.82. The van der Waals surface area contributed by atoms with E-state index in [4.69, 9.17) is 23.7 Å². The van der Waals surface area contributed by atoms with Crippen LogP contribution in [0.25, 0.3) is 10.8 Å². The number of carbonyl (C=O) groups is 1. The van der Waals surface area contributed by atoms with Gasteiger partial charge in [-0.2, -0.15) is 0 Å². The third kappa shape index (κ3) is 6.58. The third-order valence-electron chi connectivity index (χ3n) is 3.68. The van der Waals surface area contributed by atoms with Crippen molar-refractivity contribution < 1.29 is 28.5 Å². The van der Waals surface area contributed by atoms with Gasteiger partial charge in [0, 0.05) is 23.5 Å². The Labute approximate surface area is 159 Å². The Hall–Kier alpha value is -2.57. The average Bonchev–Trinajstić information content (AvgIpc) is 2.67. The molecule has 0 aliphatic carbocycles. The van der Waals surface area contributed by atoms with E-state index in [1.807, 2.05) is 36.4 Å². The largest absolute Gasteiger partial charge is 0.491 e. The minimum Gasteiger partial charge on any atom is -0.491 e. The zero-order valence-electron chi connectivity index (χ0n) is 15.9. The standard InChI is InChI=1S/C21H26O6/c1-16(2)21(22)27-15-12-24-11-14-26-20-9-5-6-17-18(20)7-4-8-19(17)25-13-10-23-3/h4-9H,1,10-15H2,2-3H3. The van der Waals surface area contributed by atoms with Gasteiger partial charge < -0.3 is 23.7 Å². The number of benzene rings is 2. The summed E-state index contributed by atoms with van der Waals surface area (Å²) < 4.78 is 27.0. The smallest absolute Gasteiger partial charge is 0.333 e. The maximum atomic E-state index is 11.2. The molecule has 2 aromatic rings. The Morgan fingerprint density at radius 1 is 0.852 bits per heavy atom. The fourth-order valence-electron chi connectivity index (χ4n) is 2.37. The van der Waals surface area contributed by atoms with Crippen LogP contribution in [-0.4, -0.2) is 52.7 Å². The number of esters is 1. The first-order valence-corrected chi connectivity index (χ1v) is 8.80. The van der Waals surface area contributed by atoms with E-state index in [1.54, 1.807) is 14.0 Å². The number of hydrogen-bond acceptors (Lipinski definition) is 6. The quantitative estimate of drug-likeness (QED) is 0.322. The molecule has 0 bridgehead atoms. The highest BCUT2D eigenvalue weighted by Gasteiger charge is 2.07. The Kier molecular flexibility index (Phi) is 8.61. The van der Waals surface area contributed by atoms with Gasteiger partial charge in [-0.25, -0.2) is 4.79 Å². The lowest BCUT2D eigenvalue weighted by atomic mass is 10.1. The monoisotopic (exact) mass is 374 g/mol. The molecule has 0 heterocycles. The first-order valence-electron chi connectivity index (χ1n) is 8.80. The zero-order chi connectivity index (χ0) is 19.5. The highest BCUT2D eigenvalue weighted by atomic mass is 16.6. The lowest BCUT2D eigenvalue weighted by molar-refractivity contribution is -0.140. The van der Waals surface area contributed by atoms with E-state index in [-0.39, 0.29) is 6.61 Å². The van der Waals surface area contributed by atoms with Crippen molar-refractivity contribution in [3.63, 3.8) is 0 Å². The number of ether oxygens (including phenoxy) is 5. The fraction of sp³-hybridized carbons (Fsp3) is 0.381. The van der Waals surface area contributed by atoms with Gasteiger partial charge in [0.25, 0.3) is 0 Å². The molecule has 0 spiro atoms. The van der Waals surface area contributed by atoms with E-state index in [1.165, 1.54) is 0 Å². The van der Waals surface area contributed by atoms with E-state index in [0.717, 1.165) is 22.3 Å². The summed E-state index contributed by atoms with van der Waals surface area (Å²) in [6, 6.07) is 11.7. The van der Waals surface area contributed by atoms with Crippen LogP contribution in [0.15, 0.2) is 48.6 Å². The van der Waals surface area contributed by atoms with Crippen LogP contribution in [0, 0.1) is 0 Å². The summed E-state index contributed by atoms with van der Waals surface area (Å²) >= 11 is 0. The summed E-state index contributed by atoms with van der Waals surface area (Å²) in [5.41, 5.74) is 0.375. The molecule has 6 heteroatoms. The van der Waals surface area contributed by atoms with Gasteiger partial charge >= 0.3 is 5.97 Å². The normalized spacial score (nSPS) is 10.6. The van der Waals surface area contributed by atoms with Crippen LogP contribution in [0.4, 0.5) is 0 Å². The summed E-state index contributed by atoms with van der Waals surface area (Å²) in [6.07, 6.45) is 0. The molecule has 0 aliphatic rings. The van der Waals surface area contributed by atoms with Crippen LogP contribution in [0.2, 0.25) is 0 Å². The molecule has 0 unspecified atom stereocenters. The van der Waals surface area contributed by atoms with Gasteiger partial charge in [-0.3, -0.25) is 0 Å². The summed E-state index contributed by atoms with van der Waals surface area (Å²) in [5, 5.41) is 1.96. The number of methoxy groups -OCH3 is 1. The number of fused-ring (bicyclic) bond motifs is 1. The molecule has 6 nitrogen and oxygen atoms in total. The van der Waals surface area contributed by atoms with Crippen molar-refractivity contribution in [3.8, 4) is 11.5 Å². The lowest BCUT2D eigenvalue weighted by Crippen LogP contribution is -2.13. The van der Waals surface area contributed by atoms with Crippen molar-refractivity contribution in [2.45, 2.75) is 6.92 Å². The van der Waals surface area contributed by atoms with Gasteiger partial charge in [0.2, 0.25) is 0 Å². The molecular weight excluding hydrogens is 348 g/mol. The van der Waals surface area contributed by atoms with Crippen molar-refractivity contribution in [2.75, 3.05) is 46.8 Å². The molecule has 2 aromatic carbocycles. The molecule has 0 N–H and O–H groups in total. The second-order valence-electron chi connectivity index (χ2n) is 5.83. The fourth-order valence-corrected chi connectivity index (χ4v) is 2.37. The summed E-state index contributed by atoms with van der Waals surface area (Å²) in [7, 11) is 1.64. The van der Waals surface area contributed by atoms with Crippen molar-refractivity contribution >= 4 is 16.7 Å². The van der Waals surface area contributed by atoms with Crippen LogP contribution >= 0.6 is 0 Å². The van der Waals surface area contributed by atoms with E-state index < -0.39 is 5.97 Å². The molecule has 2 rings (SSSR count). The minimum atomic E-state index is -0.408. The molecule has 0 saturated carbocycles. The van der Waals surface area contributed by atoms with Crippen LogP contribution in [0.5, 0.6) is 11.5 Å². The highest BCUT2D eigenvalue weighted by molar-refractivity contribution is 5.93. The number of rotatable bonds is 12. The molecular formula is C21H26O6. The van der Waals surface area contributed by atoms with Gasteiger partial charge in [0.05, 0.1) is 19.8 Å². The van der Waals surface area contributed by atoms with Crippen LogP contribution in [0.1, 0.15) is 6.92 Å². The van der Waals surface area contributed by atoms with Gasteiger partial charge in [-0.1, -0.05) is 30.8 Å². The van der Waals surface area contributed by atoms with Crippen molar-refractivity contribution in [1.29, 1.82) is 0 Å². The molecule has 0 saturated heterocycles. The molecule has 0 aromatic heterocycles. The predicted molar refractivity (Wildman–Crippen MR) is 103 cm³/mol. The summed E-state index contributed by atoms with van der Waals surface area (Å²) in [6.45, 7) is 7.45. The van der Waals surface area contributed by atoms with Crippen molar-refractivity contribution in [3.05, 3.63) is 48.6 Å². The first kappa shape index (κ1) is 20.7. The van der Waals surface area contributed by atoms with Crippen molar-refractivity contribution in [1.82, 2.24) is 0 Å². The van der Waals surface area contributed by atoms with Gasteiger partial charge in [-0.15, -0.1) is 0 Å². The Morgan fingerprint density at radius 2 is 1.41 bits per heavy atom. The van der Waals surface area contributed by atoms with E-state index in [2.05, 4.69) is 6.58 Å². The third-order valence-corrected chi connectivity index (χ3v) is 3.68. The van der Waals surface area contributed by atoms with Gasteiger partial charge in [0.15, 0.2) is 0 Å². The Morgan fingerprint density at radius 3 is 1.96 bits per heavy atom. The SMILES string of the molecule is C=C(C)C(=O)OCCOCCOc1cccc2c(OCCOC)cccc12. The predicted octanol–water partition coefficient (Wildman–Crippen LogP) is 3.38.